The Hall–Kier alpha value is -2.05. The Bertz CT molecular complexity index is 599. The summed E-state index contributed by atoms with van der Waals surface area (Å²) in [6.45, 7) is 6.63. The Balaban J connectivity index is 1.49. The molecule has 0 atom stereocenters. The Morgan fingerprint density at radius 2 is 1.67 bits per heavy atom. The van der Waals surface area contributed by atoms with Crippen LogP contribution in [0.5, 0.6) is 0 Å². The van der Waals surface area contributed by atoms with Crippen LogP contribution >= 0.6 is 0 Å². The second kappa shape index (κ2) is 7.23. The minimum atomic E-state index is -0.214. The van der Waals surface area contributed by atoms with Gasteiger partial charge in [0.25, 0.3) is 5.91 Å². The van der Waals surface area contributed by atoms with Gasteiger partial charge in [0.15, 0.2) is 5.89 Å². The van der Waals surface area contributed by atoms with Crippen LogP contribution in [0.3, 0.4) is 0 Å². The number of nitrogens with one attached hydrogen (secondary N) is 1. The number of hydrogen-bond acceptors (Lipinski definition) is 4. The lowest BCUT2D eigenvalue weighted by atomic mass is 10.0. The summed E-state index contributed by atoms with van der Waals surface area (Å²) in [5, 5.41) is 3.00. The van der Waals surface area contributed by atoms with E-state index in [1.54, 1.807) is 13.8 Å². The zero-order valence-electron chi connectivity index (χ0n) is 14.5. The van der Waals surface area contributed by atoms with Gasteiger partial charge in [0.05, 0.1) is 5.69 Å². The van der Waals surface area contributed by atoms with Crippen molar-refractivity contribution in [2.45, 2.75) is 52.0 Å². The van der Waals surface area contributed by atoms with E-state index in [1.807, 2.05) is 9.80 Å². The van der Waals surface area contributed by atoms with Gasteiger partial charge in [-0.1, -0.05) is 0 Å². The summed E-state index contributed by atoms with van der Waals surface area (Å²) < 4.78 is 5.36. The fraction of sp³-hybridized carbons (Fsp3) is 0.706. The van der Waals surface area contributed by atoms with Crippen molar-refractivity contribution in [1.82, 2.24) is 20.1 Å². The Kier molecular flexibility index (Phi) is 5.06. The zero-order chi connectivity index (χ0) is 17.1. The molecular formula is C17H26N4O3. The molecule has 1 aromatic rings. The second-order valence-electron chi connectivity index (χ2n) is 6.71. The molecule has 132 valence electrons. The van der Waals surface area contributed by atoms with E-state index in [9.17, 15) is 9.59 Å². The van der Waals surface area contributed by atoms with Crippen molar-refractivity contribution in [2.24, 2.45) is 0 Å². The molecule has 1 aromatic heterocycles. The van der Waals surface area contributed by atoms with Crippen LogP contribution < -0.4 is 5.32 Å². The minimum Gasteiger partial charge on any atom is -0.436 e. The Morgan fingerprint density at radius 3 is 2.25 bits per heavy atom. The predicted molar refractivity (Wildman–Crippen MR) is 88.9 cm³/mol. The van der Waals surface area contributed by atoms with Crippen molar-refractivity contribution >= 4 is 11.9 Å². The average molecular weight is 334 g/mol. The number of amides is 3. The van der Waals surface area contributed by atoms with Gasteiger partial charge in [-0.25, -0.2) is 9.78 Å². The summed E-state index contributed by atoms with van der Waals surface area (Å²) in [5.41, 5.74) is 0.614. The van der Waals surface area contributed by atoms with Gasteiger partial charge in [0.2, 0.25) is 5.76 Å². The highest BCUT2D eigenvalue weighted by Crippen LogP contribution is 2.17. The molecule has 7 nitrogen and oxygen atoms in total. The lowest BCUT2D eigenvalue weighted by molar-refractivity contribution is 0.0878. The fourth-order valence-electron chi connectivity index (χ4n) is 3.49. The van der Waals surface area contributed by atoms with Crippen molar-refractivity contribution in [3.63, 3.8) is 0 Å². The second-order valence-corrected chi connectivity index (χ2v) is 6.71. The highest BCUT2D eigenvalue weighted by atomic mass is 16.4. The molecule has 3 rings (SSSR count). The van der Waals surface area contributed by atoms with E-state index >= 15 is 0 Å². The molecule has 0 radical (unpaired) electrons. The van der Waals surface area contributed by atoms with Crippen LogP contribution in [-0.2, 0) is 0 Å². The number of oxazole rings is 1. The van der Waals surface area contributed by atoms with Gasteiger partial charge in [-0.3, -0.25) is 4.79 Å². The van der Waals surface area contributed by atoms with Crippen molar-refractivity contribution < 1.29 is 14.0 Å². The predicted octanol–water partition coefficient (Wildman–Crippen LogP) is 2.09. The van der Waals surface area contributed by atoms with E-state index in [1.165, 1.54) is 6.42 Å². The smallest absolute Gasteiger partial charge is 0.319 e. The van der Waals surface area contributed by atoms with Gasteiger partial charge >= 0.3 is 6.03 Å². The number of piperidine rings is 2. The quantitative estimate of drug-likeness (QED) is 0.898. The standard InChI is InChI=1S/C17H26N4O3/c1-12-15(24-13(2)18-12)16(22)19-14-6-10-21(11-7-14)17(23)20-8-4-3-5-9-20/h14H,3-11H2,1-2H3,(H,19,22). The third-order valence-corrected chi connectivity index (χ3v) is 4.84. The molecule has 2 aliphatic heterocycles. The average Bonchev–Trinajstić information content (AvgIpc) is 2.94. The topological polar surface area (TPSA) is 78.7 Å². The first-order valence-corrected chi connectivity index (χ1v) is 8.83. The van der Waals surface area contributed by atoms with E-state index in [0.717, 1.165) is 38.8 Å². The SMILES string of the molecule is Cc1nc(C)c(C(=O)NC2CCN(C(=O)N3CCCCC3)CC2)o1. The van der Waals surface area contributed by atoms with Crippen molar-refractivity contribution in [2.75, 3.05) is 26.2 Å². The summed E-state index contributed by atoms with van der Waals surface area (Å²) in [6.07, 6.45) is 4.98. The number of aromatic nitrogens is 1. The Labute approximate surface area is 142 Å². The lowest BCUT2D eigenvalue weighted by Crippen LogP contribution is -2.51. The summed E-state index contributed by atoms with van der Waals surface area (Å²) in [7, 11) is 0. The lowest BCUT2D eigenvalue weighted by Gasteiger charge is -2.37. The first-order chi connectivity index (χ1) is 11.5. The molecule has 0 unspecified atom stereocenters. The maximum absolute atomic E-state index is 12.5. The molecule has 0 saturated carbocycles. The first kappa shape index (κ1) is 16.8. The molecule has 7 heteroatoms. The monoisotopic (exact) mass is 334 g/mol. The largest absolute Gasteiger partial charge is 0.436 e. The molecule has 0 aliphatic carbocycles. The van der Waals surface area contributed by atoms with Crippen LogP contribution in [0.4, 0.5) is 4.79 Å². The summed E-state index contributed by atoms with van der Waals surface area (Å²) in [4.78, 5) is 32.8. The fourth-order valence-corrected chi connectivity index (χ4v) is 3.49. The van der Waals surface area contributed by atoms with Crippen molar-refractivity contribution in [1.29, 1.82) is 0 Å². The van der Waals surface area contributed by atoms with E-state index in [2.05, 4.69) is 10.3 Å². The molecule has 0 spiro atoms. The number of rotatable bonds is 2. The number of aryl methyl sites for hydroxylation is 2. The Morgan fingerprint density at radius 1 is 1.04 bits per heavy atom. The number of likely N-dealkylation sites (tertiary alicyclic amines) is 2. The maximum Gasteiger partial charge on any atom is 0.319 e. The number of nitrogens with zero attached hydrogens (tertiary/aromatic N) is 3. The maximum atomic E-state index is 12.5. The number of hydrogen-bond donors (Lipinski definition) is 1. The molecule has 24 heavy (non-hydrogen) atoms. The molecule has 2 aliphatic rings. The van der Waals surface area contributed by atoms with Gasteiger partial charge in [-0.2, -0.15) is 0 Å². The van der Waals surface area contributed by atoms with Gasteiger partial charge in [-0.15, -0.1) is 0 Å². The number of carbonyl (C=O) groups excluding carboxylic acids is 2. The molecule has 3 amide bonds. The van der Waals surface area contributed by atoms with Gasteiger partial charge < -0.3 is 19.5 Å². The van der Waals surface area contributed by atoms with E-state index in [0.29, 0.717) is 30.4 Å². The van der Waals surface area contributed by atoms with Crippen LogP contribution in [-0.4, -0.2) is 58.9 Å². The molecule has 0 bridgehead atoms. The van der Waals surface area contributed by atoms with Gasteiger partial charge in [-0.05, 0) is 39.0 Å². The summed E-state index contributed by atoms with van der Waals surface area (Å²) in [5.74, 6) is 0.577. The zero-order valence-corrected chi connectivity index (χ0v) is 14.5. The summed E-state index contributed by atoms with van der Waals surface area (Å²) >= 11 is 0. The van der Waals surface area contributed by atoms with Crippen LogP contribution in [0.15, 0.2) is 4.42 Å². The third-order valence-electron chi connectivity index (χ3n) is 4.84. The first-order valence-electron chi connectivity index (χ1n) is 8.83. The van der Waals surface area contributed by atoms with Crippen LogP contribution in [0, 0.1) is 13.8 Å². The minimum absolute atomic E-state index is 0.0766. The molecule has 2 fully saturated rings. The van der Waals surface area contributed by atoms with E-state index in [-0.39, 0.29) is 18.0 Å². The third kappa shape index (κ3) is 3.71. The van der Waals surface area contributed by atoms with E-state index < -0.39 is 0 Å². The number of carbonyl (C=O) groups is 2. The number of urea groups is 1. The normalized spacial score (nSPS) is 19.4. The highest BCUT2D eigenvalue weighted by molar-refractivity contribution is 5.92. The molecule has 3 heterocycles. The van der Waals surface area contributed by atoms with E-state index in [4.69, 9.17) is 4.42 Å². The van der Waals surface area contributed by atoms with Crippen LogP contribution in [0.2, 0.25) is 0 Å². The van der Waals surface area contributed by atoms with Gasteiger partial charge in [0.1, 0.15) is 0 Å². The molecular weight excluding hydrogens is 308 g/mol. The summed E-state index contributed by atoms with van der Waals surface area (Å²) in [6, 6.07) is 0.230. The highest BCUT2D eigenvalue weighted by Gasteiger charge is 2.28. The van der Waals surface area contributed by atoms with Gasteiger partial charge in [0, 0.05) is 39.1 Å². The van der Waals surface area contributed by atoms with Crippen molar-refractivity contribution in [3.8, 4) is 0 Å². The molecule has 2 saturated heterocycles. The van der Waals surface area contributed by atoms with Crippen LogP contribution in [0.1, 0.15) is 54.2 Å². The molecule has 0 aromatic carbocycles. The van der Waals surface area contributed by atoms with Crippen LogP contribution in [0.25, 0.3) is 0 Å². The molecule has 1 N–H and O–H groups in total. The van der Waals surface area contributed by atoms with Crippen molar-refractivity contribution in [3.05, 3.63) is 17.3 Å².